The number of nitrogens with zero attached hydrogens (tertiary/aromatic N) is 2. The summed E-state index contributed by atoms with van der Waals surface area (Å²) in [5, 5.41) is 7.99. The van der Waals surface area contributed by atoms with Crippen LogP contribution in [0.1, 0.15) is 43.6 Å². The van der Waals surface area contributed by atoms with Crippen LogP contribution in [0, 0.1) is 0 Å². The van der Waals surface area contributed by atoms with Crippen molar-refractivity contribution >= 4 is 0 Å². The highest BCUT2D eigenvalue weighted by atomic mass is 16.5. The Kier molecular flexibility index (Phi) is 3.69. The van der Waals surface area contributed by atoms with Gasteiger partial charge in [0.1, 0.15) is 6.10 Å². The molecule has 2 N–H and O–H groups in total. The van der Waals surface area contributed by atoms with Crippen molar-refractivity contribution in [3.8, 4) is 0 Å². The van der Waals surface area contributed by atoms with Crippen LogP contribution in [0.25, 0.3) is 0 Å². The van der Waals surface area contributed by atoms with Crippen LogP contribution in [0.4, 0.5) is 0 Å². The summed E-state index contributed by atoms with van der Waals surface area (Å²) in [4.78, 5) is 0. The van der Waals surface area contributed by atoms with E-state index in [9.17, 15) is 0 Å². The minimum atomic E-state index is 0.0119. The standard InChI is InChI=1S/C10H17N3O2/c11-6-3-5-9-12-13-10(15-9)8-4-1-2-7-14-8/h8H,1-7,11H2. The molecule has 1 fully saturated rings. The van der Waals surface area contributed by atoms with Gasteiger partial charge in [-0.05, 0) is 32.2 Å². The fourth-order valence-corrected chi connectivity index (χ4v) is 1.69. The average Bonchev–Trinajstić information content (AvgIpc) is 2.76. The number of aromatic nitrogens is 2. The molecule has 84 valence electrons. The van der Waals surface area contributed by atoms with E-state index in [1.165, 1.54) is 6.42 Å². The third-order valence-corrected chi connectivity index (χ3v) is 2.53. The van der Waals surface area contributed by atoms with Crippen LogP contribution in [0.5, 0.6) is 0 Å². The Labute approximate surface area is 89.0 Å². The highest BCUT2D eigenvalue weighted by Gasteiger charge is 2.21. The molecule has 0 saturated carbocycles. The van der Waals surface area contributed by atoms with Crippen LogP contribution in [-0.2, 0) is 11.2 Å². The van der Waals surface area contributed by atoms with Crippen molar-refractivity contribution in [3.63, 3.8) is 0 Å². The van der Waals surface area contributed by atoms with Gasteiger partial charge < -0.3 is 14.9 Å². The lowest BCUT2D eigenvalue weighted by molar-refractivity contribution is -0.00211. The number of nitrogens with two attached hydrogens (primary N) is 1. The first-order valence-corrected chi connectivity index (χ1v) is 5.54. The van der Waals surface area contributed by atoms with Gasteiger partial charge in [-0.2, -0.15) is 0 Å². The lowest BCUT2D eigenvalue weighted by Crippen LogP contribution is -2.11. The fraction of sp³-hybridized carbons (Fsp3) is 0.800. The number of ether oxygens (including phenoxy) is 1. The Hall–Kier alpha value is -0.940. The van der Waals surface area contributed by atoms with E-state index in [2.05, 4.69) is 10.2 Å². The molecule has 0 amide bonds. The third-order valence-electron chi connectivity index (χ3n) is 2.53. The molecule has 2 heterocycles. The third kappa shape index (κ3) is 2.76. The lowest BCUT2D eigenvalue weighted by atomic mass is 10.1. The molecule has 0 aromatic carbocycles. The van der Waals surface area contributed by atoms with E-state index in [4.69, 9.17) is 14.9 Å². The molecule has 1 aliphatic heterocycles. The summed E-state index contributed by atoms with van der Waals surface area (Å²) in [6.45, 7) is 1.45. The van der Waals surface area contributed by atoms with Crippen molar-refractivity contribution in [2.75, 3.05) is 13.2 Å². The number of hydrogen-bond donors (Lipinski definition) is 1. The zero-order valence-corrected chi connectivity index (χ0v) is 8.82. The largest absolute Gasteiger partial charge is 0.422 e. The van der Waals surface area contributed by atoms with Gasteiger partial charge in [-0.15, -0.1) is 10.2 Å². The summed E-state index contributed by atoms with van der Waals surface area (Å²) in [7, 11) is 0. The van der Waals surface area contributed by atoms with Gasteiger partial charge >= 0.3 is 0 Å². The first kappa shape index (κ1) is 10.6. The van der Waals surface area contributed by atoms with Gasteiger partial charge in [0, 0.05) is 13.0 Å². The van der Waals surface area contributed by atoms with Crippen LogP contribution in [-0.4, -0.2) is 23.3 Å². The highest BCUT2D eigenvalue weighted by molar-refractivity contribution is 4.88. The molecule has 1 aromatic rings. The van der Waals surface area contributed by atoms with Gasteiger partial charge in [-0.1, -0.05) is 0 Å². The van der Waals surface area contributed by atoms with Gasteiger partial charge in [0.2, 0.25) is 11.8 Å². The first-order chi connectivity index (χ1) is 7.40. The summed E-state index contributed by atoms with van der Waals surface area (Å²) >= 11 is 0. The molecular formula is C10H17N3O2. The minimum Gasteiger partial charge on any atom is -0.422 e. The van der Waals surface area contributed by atoms with Crippen LogP contribution in [0.2, 0.25) is 0 Å². The quantitative estimate of drug-likeness (QED) is 0.810. The van der Waals surface area contributed by atoms with E-state index in [1.54, 1.807) is 0 Å². The molecule has 1 aliphatic rings. The smallest absolute Gasteiger partial charge is 0.245 e. The first-order valence-electron chi connectivity index (χ1n) is 5.54. The van der Waals surface area contributed by atoms with Crippen LogP contribution in [0.15, 0.2) is 4.42 Å². The molecule has 5 heteroatoms. The number of hydrogen-bond acceptors (Lipinski definition) is 5. The normalized spacial score (nSPS) is 21.8. The number of aryl methyl sites for hydroxylation is 1. The topological polar surface area (TPSA) is 74.2 Å². The Morgan fingerprint density at radius 1 is 1.33 bits per heavy atom. The molecule has 0 radical (unpaired) electrons. The molecule has 1 saturated heterocycles. The zero-order valence-electron chi connectivity index (χ0n) is 8.82. The summed E-state index contributed by atoms with van der Waals surface area (Å²) in [5.41, 5.74) is 5.41. The maximum atomic E-state index is 5.56. The van der Waals surface area contributed by atoms with Gasteiger partial charge in [-0.3, -0.25) is 0 Å². The molecule has 0 bridgehead atoms. The Morgan fingerprint density at radius 2 is 2.27 bits per heavy atom. The van der Waals surface area contributed by atoms with Crippen molar-refractivity contribution in [2.24, 2.45) is 5.73 Å². The maximum Gasteiger partial charge on any atom is 0.245 e. The van der Waals surface area contributed by atoms with Gasteiger partial charge in [0.05, 0.1) is 0 Å². The SMILES string of the molecule is NCCCc1nnc(C2CCCCO2)o1. The van der Waals surface area contributed by atoms with E-state index >= 15 is 0 Å². The molecular weight excluding hydrogens is 194 g/mol. The second kappa shape index (κ2) is 5.23. The molecule has 5 nitrogen and oxygen atoms in total. The van der Waals surface area contributed by atoms with Crippen molar-refractivity contribution in [1.82, 2.24) is 10.2 Å². The summed E-state index contributed by atoms with van der Waals surface area (Å²) in [6.07, 6.45) is 4.94. The summed E-state index contributed by atoms with van der Waals surface area (Å²) < 4.78 is 11.1. The van der Waals surface area contributed by atoms with Crippen LogP contribution in [0.3, 0.4) is 0 Å². The predicted octanol–water partition coefficient (Wildman–Crippen LogP) is 1.20. The Balaban J connectivity index is 1.93. The van der Waals surface area contributed by atoms with Gasteiger partial charge in [-0.25, -0.2) is 0 Å². The van der Waals surface area contributed by atoms with Gasteiger partial charge in [0.25, 0.3) is 0 Å². The molecule has 0 aliphatic carbocycles. The summed E-state index contributed by atoms with van der Waals surface area (Å²) in [6, 6.07) is 0. The second-order valence-electron chi connectivity index (χ2n) is 3.78. The van der Waals surface area contributed by atoms with Gasteiger partial charge in [0.15, 0.2) is 0 Å². The average molecular weight is 211 g/mol. The van der Waals surface area contributed by atoms with Crippen LogP contribution >= 0.6 is 0 Å². The molecule has 1 aromatic heterocycles. The van der Waals surface area contributed by atoms with E-state index in [1.807, 2.05) is 0 Å². The van der Waals surface area contributed by atoms with Crippen molar-refractivity contribution in [2.45, 2.75) is 38.2 Å². The van der Waals surface area contributed by atoms with E-state index < -0.39 is 0 Å². The molecule has 0 spiro atoms. The predicted molar refractivity (Wildman–Crippen MR) is 54.2 cm³/mol. The monoisotopic (exact) mass is 211 g/mol. The summed E-state index contributed by atoms with van der Waals surface area (Å²) in [5.74, 6) is 1.30. The lowest BCUT2D eigenvalue weighted by Gasteiger charge is -2.18. The van der Waals surface area contributed by atoms with Crippen molar-refractivity contribution in [1.29, 1.82) is 0 Å². The molecule has 2 rings (SSSR count). The van der Waals surface area contributed by atoms with Crippen LogP contribution < -0.4 is 5.73 Å². The highest BCUT2D eigenvalue weighted by Crippen LogP contribution is 2.26. The van der Waals surface area contributed by atoms with Crippen molar-refractivity contribution < 1.29 is 9.15 Å². The second-order valence-corrected chi connectivity index (χ2v) is 3.78. The Bertz CT molecular complexity index is 295. The number of rotatable bonds is 4. The zero-order chi connectivity index (χ0) is 10.5. The Morgan fingerprint density at radius 3 is 3.00 bits per heavy atom. The minimum absolute atomic E-state index is 0.0119. The molecule has 1 unspecified atom stereocenters. The van der Waals surface area contributed by atoms with E-state index in [0.29, 0.717) is 18.3 Å². The maximum absolute atomic E-state index is 5.56. The van der Waals surface area contributed by atoms with E-state index in [-0.39, 0.29) is 6.10 Å². The molecule has 15 heavy (non-hydrogen) atoms. The van der Waals surface area contributed by atoms with Crippen molar-refractivity contribution in [3.05, 3.63) is 11.8 Å². The fourth-order valence-electron chi connectivity index (χ4n) is 1.69. The molecule has 1 atom stereocenters. The van der Waals surface area contributed by atoms with E-state index in [0.717, 1.165) is 32.3 Å².